The summed E-state index contributed by atoms with van der Waals surface area (Å²) in [5.41, 5.74) is -0.310. The molecule has 1 saturated carbocycles. The molecule has 1 spiro atoms. The molecule has 0 amide bonds. The molecule has 0 atom stereocenters. The standard InChI is InChI=1S/C24H21F3N2O/c25-24(26,27)21-19-20(28-22(29-21)16-10-4-3-5-11-16)17-12-6-7-13-18(17)30-23(19)14-8-1-2-9-15-23/h3-7,10-13H,1-2,8-9,14-15H2. The van der Waals surface area contributed by atoms with Crippen LogP contribution in [0.3, 0.4) is 0 Å². The molecule has 2 aromatic carbocycles. The topological polar surface area (TPSA) is 35.0 Å². The van der Waals surface area contributed by atoms with E-state index in [0.717, 1.165) is 25.7 Å². The van der Waals surface area contributed by atoms with Gasteiger partial charge in [-0.25, -0.2) is 9.97 Å². The van der Waals surface area contributed by atoms with Crippen molar-refractivity contribution in [2.75, 3.05) is 0 Å². The van der Waals surface area contributed by atoms with Crippen molar-refractivity contribution in [3.63, 3.8) is 0 Å². The summed E-state index contributed by atoms with van der Waals surface area (Å²) in [6.45, 7) is 0. The lowest BCUT2D eigenvalue weighted by Gasteiger charge is -2.40. The zero-order valence-electron chi connectivity index (χ0n) is 16.4. The van der Waals surface area contributed by atoms with E-state index in [-0.39, 0.29) is 11.4 Å². The van der Waals surface area contributed by atoms with Crippen LogP contribution < -0.4 is 4.74 Å². The Balaban J connectivity index is 1.84. The second-order valence-electron chi connectivity index (χ2n) is 7.99. The Bertz CT molecular complexity index is 1070. The van der Waals surface area contributed by atoms with E-state index in [1.54, 1.807) is 36.4 Å². The van der Waals surface area contributed by atoms with E-state index in [1.807, 2.05) is 18.2 Å². The smallest absolute Gasteiger partial charge is 0.433 e. The van der Waals surface area contributed by atoms with E-state index in [0.29, 0.717) is 35.4 Å². The van der Waals surface area contributed by atoms with Crippen LogP contribution in [-0.2, 0) is 11.8 Å². The van der Waals surface area contributed by atoms with Crippen molar-refractivity contribution in [2.24, 2.45) is 0 Å². The summed E-state index contributed by atoms with van der Waals surface area (Å²) in [7, 11) is 0. The summed E-state index contributed by atoms with van der Waals surface area (Å²) < 4.78 is 49.4. The predicted molar refractivity (Wildman–Crippen MR) is 108 cm³/mol. The van der Waals surface area contributed by atoms with E-state index >= 15 is 0 Å². The van der Waals surface area contributed by atoms with E-state index < -0.39 is 17.5 Å². The number of halogens is 3. The lowest BCUT2D eigenvalue weighted by molar-refractivity contribution is -0.144. The molecular weight excluding hydrogens is 389 g/mol. The molecule has 154 valence electrons. The molecule has 0 saturated heterocycles. The third-order valence-electron chi connectivity index (χ3n) is 6.02. The first-order chi connectivity index (χ1) is 14.5. The molecule has 6 heteroatoms. The van der Waals surface area contributed by atoms with Crippen molar-refractivity contribution < 1.29 is 17.9 Å². The first-order valence-electron chi connectivity index (χ1n) is 10.3. The molecule has 0 bridgehead atoms. The number of ether oxygens (including phenoxy) is 1. The van der Waals surface area contributed by atoms with E-state index in [2.05, 4.69) is 9.97 Å². The van der Waals surface area contributed by atoms with Crippen LogP contribution >= 0.6 is 0 Å². The number of aromatic nitrogens is 2. The fraction of sp³-hybridized carbons (Fsp3) is 0.333. The quantitative estimate of drug-likeness (QED) is 0.444. The molecule has 0 unspecified atom stereocenters. The molecule has 2 heterocycles. The van der Waals surface area contributed by atoms with Crippen LogP contribution in [0, 0.1) is 0 Å². The first-order valence-corrected chi connectivity index (χ1v) is 10.3. The van der Waals surface area contributed by atoms with Gasteiger partial charge in [0.05, 0.1) is 11.3 Å². The van der Waals surface area contributed by atoms with Gasteiger partial charge in [-0.05, 0) is 37.8 Å². The van der Waals surface area contributed by atoms with Crippen molar-refractivity contribution in [2.45, 2.75) is 50.3 Å². The van der Waals surface area contributed by atoms with Gasteiger partial charge in [0.25, 0.3) is 0 Å². The molecule has 1 aliphatic heterocycles. The van der Waals surface area contributed by atoms with Gasteiger partial charge in [-0.3, -0.25) is 0 Å². The van der Waals surface area contributed by atoms with Crippen LogP contribution in [0.5, 0.6) is 5.75 Å². The summed E-state index contributed by atoms with van der Waals surface area (Å²) >= 11 is 0. The Morgan fingerprint density at radius 3 is 2.17 bits per heavy atom. The maximum Gasteiger partial charge on any atom is 0.433 e. The predicted octanol–water partition coefficient (Wildman–Crippen LogP) is 6.77. The SMILES string of the molecule is FC(F)(F)c1nc(-c2ccccc2)nc2c1C1(CCCCCC1)Oc1ccccc1-2. The summed E-state index contributed by atoms with van der Waals surface area (Å²) in [5.74, 6) is 0.680. The number of rotatable bonds is 1. The maximum atomic E-state index is 14.3. The van der Waals surface area contributed by atoms with Crippen LogP contribution in [0.15, 0.2) is 54.6 Å². The van der Waals surface area contributed by atoms with Gasteiger partial charge in [0, 0.05) is 11.1 Å². The monoisotopic (exact) mass is 410 g/mol. The third-order valence-corrected chi connectivity index (χ3v) is 6.02. The Labute approximate surface area is 173 Å². The second kappa shape index (κ2) is 7.11. The molecule has 2 aliphatic rings. The van der Waals surface area contributed by atoms with E-state index in [4.69, 9.17) is 4.74 Å². The first kappa shape index (κ1) is 19.1. The van der Waals surface area contributed by atoms with Gasteiger partial charge in [0.1, 0.15) is 11.4 Å². The lowest BCUT2D eigenvalue weighted by Crippen LogP contribution is -2.39. The summed E-state index contributed by atoms with van der Waals surface area (Å²) in [5, 5.41) is 0. The Morgan fingerprint density at radius 2 is 1.47 bits per heavy atom. The average molecular weight is 410 g/mol. The fourth-order valence-electron chi connectivity index (χ4n) is 4.67. The van der Waals surface area contributed by atoms with Crippen molar-refractivity contribution in [3.05, 3.63) is 65.9 Å². The van der Waals surface area contributed by atoms with Gasteiger partial charge in [0.15, 0.2) is 11.5 Å². The van der Waals surface area contributed by atoms with Crippen molar-refractivity contribution in [3.8, 4) is 28.4 Å². The average Bonchev–Trinajstić information content (AvgIpc) is 2.99. The lowest BCUT2D eigenvalue weighted by atomic mass is 9.80. The van der Waals surface area contributed by atoms with E-state index in [1.165, 1.54) is 0 Å². The highest BCUT2D eigenvalue weighted by atomic mass is 19.4. The molecule has 1 aliphatic carbocycles. The number of benzene rings is 2. The van der Waals surface area contributed by atoms with E-state index in [9.17, 15) is 13.2 Å². The summed E-state index contributed by atoms with van der Waals surface area (Å²) in [6, 6.07) is 16.1. The molecule has 0 radical (unpaired) electrons. The minimum atomic E-state index is -4.61. The molecule has 0 N–H and O–H groups in total. The maximum absolute atomic E-state index is 14.3. The van der Waals surface area contributed by atoms with Crippen LogP contribution in [0.25, 0.3) is 22.6 Å². The highest BCUT2D eigenvalue weighted by Crippen LogP contribution is 2.53. The number of alkyl halides is 3. The van der Waals surface area contributed by atoms with Gasteiger partial charge in [-0.2, -0.15) is 13.2 Å². The van der Waals surface area contributed by atoms with Crippen LogP contribution in [-0.4, -0.2) is 9.97 Å². The Hall–Kier alpha value is -2.89. The van der Waals surface area contributed by atoms with Crippen LogP contribution in [0.4, 0.5) is 13.2 Å². The van der Waals surface area contributed by atoms with Gasteiger partial charge < -0.3 is 4.74 Å². The highest BCUT2D eigenvalue weighted by Gasteiger charge is 2.50. The minimum absolute atomic E-state index is 0.0853. The van der Waals surface area contributed by atoms with Gasteiger partial charge in [-0.1, -0.05) is 55.3 Å². The molecule has 3 aromatic rings. The number of hydrogen-bond donors (Lipinski definition) is 0. The van der Waals surface area contributed by atoms with Gasteiger partial charge in [-0.15, -0.1) is 0 Å². The number of nitrogens with zero attached hydrogens (tertiary/aromatic N) is 2. The van der Waals surface area contributed by atoms with Gasteiger partial charge in [0.2, 0.25) is 0 Å². The summed E-state index contributed by atoms with van der Waals surface area (Å²) in [4.78, 5) is 8.75. The second-order valence-corrected chi connectivity index (χ2v) is 7.99. The normalized spacial score (nSPS) is 17.6. The molecular formula is C24H21F3N2O. The molecule has 5 rings (SSSR count). The Kier molecular flexibility index (Phi) is 4.53. The fourth-order valence-corrected chi connectivity index (χ4v) is 4.67. The molecule has 30 heavy (non-hydrogen) atoms. The number of hydrogen-bond acceptors (Lipinski definition) is 3. The summed E-state index contributed by atoms with van der Waals surface area (Å²) in [6.07, 6.45) is 0.0832. The number of para-hydroxylation sites is 1. The van der Waals surface area contributed by atoms with Crippen molar-refractivity contribution >= 4 is 0 Å². The third kappa shape index (κ3) is 3.15. The minimum Gasteiger partial charge on any atom is -0.482 e. The van der Waals surface area contributed by atoms with Crippen LogP contribution in [0.1, 0.15) is 49.8 Å². The van der Waals surface area contributed by atoms with Crippen molar-refractivity contribution in [1.29, 1.82) is 0 Å². The van der Waals surface area contributed by atoms with Crippen molar-refractivity contribution in [1.82, 2.24) is 9.97 Å². The zero-order chi connectivity index (χ0) is 20.8. The molecule has 1 fully saturated rings. The van der Waals surface area contributed by atoms with Crippen LogP contribution in [0.2, 0.25) is 0 Å². The number of fused-ring (bicyclic) bond motifs is 4. The largest absolute Gasteiger partial charge is 0.482 e. The molecule has 3 nitrogen and oxygen atoms in total. The van der Waals surface area contributed by atoms with Gasteiger partial charge >= 0.3 is 6.18 Å². The Morgan fingerprint density at radius 1 is 0.800 bits per heavy atom. The zero-order valence-corrected chi connectivity index (χ0v) is 16.4. The highest BCUT2D eigenvalue weighted by molar-refractivity contribution is 5.76. The molecule has 1 aromatic heterocycles.